The highest BCUT2D eigenvalue weighted by Crippen LogP contribution is 2.17. The normalized spacial score (nSPS) is 31.7. The minimum Gasteiger partial charge on any atom is -0.355 e. The Balaban J connectivity index is 1.55. The van der Waals surface area contributed by atoms with E-state index in [1.165, 1.54) is 19.3 Å². The predicted octanol–water partition coefficient (Wildman–Crippen LogP) is 1.70. The third-order valence-corrected chi connectivity index (χ3v) is 3.15. The van der Waals surface area contributed by atoms with E-state index < -0.39 is 0 Å². The van der Waals surface area contributed by atoms with E-state index in [0.717, 1.165) is 32.0 Å². The fourth-order valence-electron chi connectivity index (χ4n) is 2.15. The van der Waals surface area contributed by atoms with Gasteiger partial charge in [-0.2, -0.15) is 0 Å². The second kappa shape index (κ2) is 6.26. The molecule has 0 saturated carbocycles. The molecule has 0 aromatic heterocycles. The van der Waals surface area contributed by atoms with Crippen molar-refractivity contribution in [2.45, 2.75) is 31.8 Å². The van der Waals surface area contributed by atoms with Crippen LogP contribution in [0.2, 0.25) is 0 Å². The number of rotatable bonds is 4. The van der Waals surface area contributed by atoms with Crippen molar-refractivity contribution in [3.05, 3.63) is 12.2 Å². The van der Waals surface area contributed by atoms with Crippen LogP contribution in [0.25, 0.3) is 0 Å². The van der Waals surface area contributed by atoms with Gasteiger partial charge in [0.2, 0.25) is 0 Å². The van der Waals surface area contributed by atoms with E-state index in [-0.39, 0.29) is 0 Å². The fourth-order valence-corrected chi connectivity index (χ4v) is 2.15. The molecule has 3 heteroatoms. The van der Waals surface area contributed by atoms with E-state index in [2.05, 4.69) is 17.5 Å². The standard InChI is InChI=1S/C12H21NO2/c1-2-4-11(5-3-1)8-13-9-12-6-7-14-10-15-12/h1-2,11-13H,3-10H2. The molecule has 1 heterocycles. The van der Waals surface area contributed by atoms with Crippen LogP contribution in [0.5, 0.6) is 0 Å². The molecule has 0 amide bonds. The first-order valence-electron chi connectivity index (χ1n) is 6.00. The molecule has 0 bridgehead atoms. The Bertz CT molecular complexity index is 200. The first kappa shape index (κ1) is 11.1. The van der Waals surface area contributed by atoms with Crippen molar-refractivity contribution < 1.29 is 9.47 Å². The molecule has 0 radical (unpaired) electrons. The first-order chi connectivity index (χ1) is 7.45. The third-order valence-electron chi connectivity index (χ3n) is 3.15. The van der Waals surface area contributed by atoms with E-state index in [0.29, 0.717) is 12.9 Å². The molecule has 0 spiro atoms. The van der Waals surface area contributed by atoms with E-state index in [4.69, 9.17) is 9.47 Å². The van der Waals surface area contributed by atoms with Gasteiger partial charge < -0.3 is 14.8 Å². The largest absolute Gasteiger partial charge is 0.355 e. The van der Waals surface area contributed by atoms with Crippen LogP contribution in [0.1, 0.15) is 25.7 Å². The van der Waals surface area contributed by atoms with Gasteiger partial charge in [0.15, 0.2) is 0 Å². The van der Waals surface area contributed by atoms with Gasteiger partial charge >= 0.3 is 0 Å². The summed E-state index contributed by atoms with van der Waals surface area (Å²) in [5, 5.41) is 3.51. The molecule has 0 aromatic carbocycles. The van der Waals surface area contributed by atoms with Gasteiger partial charge in [0, 0.05) is 6.54 Å². The highest BCUT2D eigenvalue weighted by Gasteiger charge is 2.15. The summed E-state index contributed by atoms with van der Waals surface area (Å²) in [6.07, 6.45) is 9.80. The van der Waals surface area contributed by atoms with Gasteiger partial charge in [0.25, 0.3) is 0 Å². The number of nitrogens with one attached hydrogen (secondary N) is 1. The van der Waals surface area contributed by atoms with Crippen LogP contribution in [0.3, 0.4) is 0 Å². The zero-order chi connectivity index (χ0) is 10.3. The minimum absolute atomic E-state index is 0.359. The van der Waals surface area contributed by atoms with Crippen molar-refractivity contribution in [1.29, 1.82) is 0 Å². The topological polar surface area (TPSA) is 30.5 Å². The van der Waals surface area contributed by atoms with Gasteiger partial charge in [-0.25, -0.2) is 0 Å². The number of hydrogen-bond acceptors (Lipinski definition) is 3. The van der Waals surface area contributed by atoms with Gasteiger partial charge in [-0.15, -0.1) is 0 Å². The molecule has 1 N–H and O–H groups in total. The Kier molecular flexibility index (Phi) is 4.64. The summed E-state index contributed by atoms with van der Waals surface area (Å²) in [4.78, 5) is 0. The lowest BCUT2D eigenvalue weighted by molar-refractivity contribution is -0.137. The summed E-state index contributed by atoms with van der Waals surface area (Å²) in [5.74, 6) is 0.829. The molecule has 2 aliphatic rings. The van der Waals surface area contributed by atoms with Crippen molar-refractivity contribution in [3.8, 4) is 0 Å². The second-order valence-electron chi connectivity index (χ2n) is 4.41. The molecular weight excluding hydrogens is 190 g/mol. The van der Waals surface area contributed by atoms with Crippen molar-refractivity contribution in [1.82, 2.24) is 5.32 Å². The molecule has 3 nitrogen and oxygen atoms in total. The number of ether oxygens (including phenoxy) is 2. The maximum atomic E-state index is 5.47. The SMILES string of the molecule is C1=CCC(CNCC2CCOCO2)CC1. The molecule has 1 aliphatic heterocycles. The lowest BCUT2D eigenvalue weighted by Crippen LogP contribution is -2.36. The fraction of sp³-hybridized carbons (Fsp3) is 0.833. The Morgan fingerprint density at radius 1 is 1.20 bits per heavy atom. The van der Waals surface area contributed by atoms with E-state index in [1.54, 1.807) is 0 Å². The molecule has 2 unspecified atom stereocenters. The summed E-state index contributed by atoms with van der Waals surface area (Å²) in [5.41, 5.74) is 0. The van der Waals surface area contributed by atoms with Gasteiger partial charge in [-0.3, -0.25) is 0 Å². The monoisotopic (exact) mass is 211 g/mol. The lowest BCUT2D eigenvalue weighted by atomic mass is 9.94. The molecule has 1 saturated heterocycles. The van der Waals surface area contributed by atoms with Gasteiger partial charge in [0.1, 0.15) is 6.79 Å². The van der Waals surface area contributed by atoms with Crippen molar-refractivity contribution in [2.24, 2.45) is 5.92 Å². The maximum absolute atomic E-state index is 5.47. The van der Waals surface area contributed by atoms with Crippen molar-refractivity contribution in [3.63, 3.8) is 0 Å². The maximum Gasteiger partial charge on any atom is 0.147 e. The van der Waals surface area contributed by atoms with Crippen LogP contribution in [0.4, 0.5) is 0 Å². The van der Waals surface area contributed by atoms with Gasteiger partial charge in [-0.05, 0) is 38.1 Å². The first-order valence-corrected chi connectivity index (χ1v) is 6.00. The summed E-state index contributed by atoms with van der Waals surface area (Å²) in [7, 11) is 0. The molecular formula is C12H21NO2. The van der Waals surface area contributed by atoms with Crippen LogP contribution in [0, 0.1) is 5.92 Å². The average molecular weight is 211 g/mol. The predicted molar refractivity (Wildman–Crippen MR) is 59.7 cm³/mol. The van der Waals surface area contributed by atoms with Crippen LogP contribution in [-0.2, 0) is 9.47 Å². The molecule has 86 valence electrons. The summed E-state index contributed by atoms with van der Waals surface area (Å²) in [6.45, 7) is 3.42. The minimum atomic E-state index is 0.359. The molecule has 1 aliphatic carbocycles. The quantitative estimate of drug-likeness (QED) is 0.718. The Hall–Kier alpha value is -0.380. The van der Waals surface area contributed by atoms with Crippen LogP contribution in [-0.4, -0.2) is 32.6 Å². The van der Waals surface area contributed by atoms with Gasteiger partial charge in [-0.1, -0.05) is 12.2 Å². The highest BCUT2D eigenvalue weighted by atomic mass is 16.7. The third kappa shape index (κ3) is 3.93. The summed E-state index contributed by atoms with van der Waals surface area (Å²) in [6, 6.07) is 0. The smallest absolute Gasteiger partial charge is 0.147 e. The van der Waals surface area contributed by atoms with Crippen LogP contribution >= 0.6 is 0 Å². The summed E-state index contributed by atoms with van der Waals surface area (Å²) < 4.78 is 10.6. The lowest BCUT2D eigenvalue weighted by Gasteiger charge is -2.24. The van der Waals surface area contributed by atoms with Gasteiger partial charge in [0.05, 0.1) is 12.7 Å². The molecule has 15 heavy (non-hydrogen) atoms. The molecule has 1 fully saturated rings. The molecule has 2 rings (SSSR count). The van der Waals surface area contributed by atoms with E-state index in [9.17, 15) is 0 Å². The second-order valence-corrected chi connectivity index (χ2v) is 4.41. The van der Waals surface area contributed by atoms with Crippen molar-refractivity contribution >= 4 is 0 Å². The van der Waals surface area contributed by atoms with E-state index in [1.807, 2.05) is 0 Å². The van der Waals surface area contributed by atoms with Crippen LogP contribution < -0.4 is 5.32 Å². The van der Waals surface area contributed by atoms with Crippen molar-refractivity contribution in [2.75, 3.05) is 26.5 Å². The Morgan fingerprint density at radius 3 is 2.93 bits per heavy atom. The Labute approximate surface area is 91.8 Å². The van der Waals surface area contributed by atoms with E-state index >= 15 is 0 Å². The zero-order valence-electron chi connectivity index (χ0n) is 9.28. The Morgan fingerprint density at radius 2 is 2.20 bits per heavy atom. The zero-order valence-corrected chi connectivity index (χ0v) is 9.28. The average Bonchev–Trinajstić information content (AvgIpc) is 2.32. The molecule has 0 aromatic rings. The molecule has 2 atom stereocenters. The number of allylic oxidation sites excluding steroid dienone is 2. The highest BCUT2D eigenvalue weighted by molar-refractivity contribution is 4.90. The summed E-state index contributed by atoms with van der Waals surface area (Å²) >= 11 is 0. The number of hydrogen-bond donors (Lipinski definition) is 1. The van der Waals surface area contributed by atoms with Crippen LogP contribution in [0.15, 0.2) is 12.2 Å².